The normalized spacial score (nSPS) is 20.9. The van der Waals surface area contributed by atoms with Crippen molar-refractivity contribution >= 4 is 5.69 Å². The molecular formula is C15H24N2. The van der Waals surface area contributed by atoms with E-state index in [2.05, 4.69) is 48.5 Å². The van der Waals surface area contributed by atoms with E-state index in [0.717, 1.165) is 6.54 Å². The second-order valence-electron chi connectivity index (χ2n) is 5.22. The number of hydrogen-bond acceptors (Lipinski definition) is 2. The molecule has 1 aliphatic heterocycles. The van der Waals surface area contributed by atoms with Crippen LogP contribution in [0.1, 0.15) is 31.2 Å². The number of rotatable bonds is 3. The van der Waals surface area contributed by atoms with E-state index in [1.165, 1.54) is 43.5 Å². The molecule has 0 aliphatic carbocycles. The molecule has 1 N–H and O–H groups in total. The van der Waals surface area contributed by atoms with Crippen LogP contribution in [0.25, 0.3) is 0 Å². The van der Waals surface area contributed by atoms with E-state index >= 15 is 0 Å². The van der Waals surface area contributed by atoms with Gasteiger partial charge in [0.2, 0.25) is 0 Å². The first kappa shape index (κ1) is 12.4. The molecule has 1 aliphatic rings. The van der Waals surface area contributed by atoms with Crippen LogP contribution in [-0.2, 0) is 0 Å². The summed E-state index contributed by atoms with van der Waals surface area (Å²) in [6.45, 7) is 4.46. The van der Waals surface area contributed by atoms with Crippen LogP contribution < -0.4 is 10.2 Å². The van der Waals surface area contributed by atoms with Gasteiger partial charge in [0, 0.05) is 25.3 Å². The van der Waals surface area contributed by atoms with Crippen LogP contribution in [0.4, 0.5) is 5.69 Å². The Bertz CT molecular complexity index is 341. The predicted octanol–water partition coefficient (Wildman–Crippen LogP) is 2.96. The van der Waals surface area contributed by atoms with Crippen LogP contribution >= 0.6 is 0 Å². The molecule has 0 radical (unpaired) electrons. The molecule has 1 aromatic rings. The lowest BCUT2D eigenvalue weighted by Gasteiger charge is -2.26. The van der Waals surface area contributed by atoms with Crippen molar-refractivity contribution in [1.82, 2.24) is 5.32 Å². The largest absolute Gasteiger partial charge is 0.373 e. The third-order valence-corrected chi connectivity index (χ3v) is 3.60. The van der Waals surface area contributed by atoms with Gasteiger partial charge in [0.25, 0.3) is 0 Å². The standard InChI is InChI=1S/C15H24N2/c1-13-7-6-9-15(11-13)17(2)12-14-8-4-3-5-10-16-14/h6-7,9,11,14,16H,3-5,8,10,12H2,1-2H3. The number of anilines is 1. The lowest BCUT2D eigenvalue weighted by atomic mass is 10.1. The molecule has 1 atom stereocenters. The molecule has 0 aromatic heterocycles. The van der Waals surface area contributed by atoms with Crippen molar-refractivity contribution < 1.29 is 0 Å². The molecular weight excluding hydrogens is 208 g/mol. The molecule has 0 saturated carbocycles. The van der Waals surface area contributed by atoms with Gasteiger partial charge >= 0.3 is 0 Å². The summed E-state index contributed by atoms with van der Waals surface area (Å²) < 4.78 is 0. The van der Waals surface area contributed by atoms with Crippen LogP contribution in [-0.4, -0.2) is 26.2 Å². The monoisotopic (exact) mass is 232 g/mol. The van der Waals surface area contributed by atoms with Crippen LogP contribution in [0, 0.1) is 6.92 Å². The van der Waals surface area contributed by atoms with Gasteiger partial charge in [0.15, 0.2) is 0 Å². The molecule has 2 nitrogen and oxygen atoms in total. The van der Waals surface area contributed by atoms with Gasteiger partial charge < -0.3 is 10.2 Å². The number of nitrogens with zero attached hydrogens (tertiary/aromatic N) is 1. The Hall–Kier alpha value is -1.02. The van der Waals surface area contributed by atoms with E-state index in [0.29, 0.717) is 6.04 Å². The number of nitrogens with one attached hydrogen (secondary N) is 1. The van der Waals surface area contributed by atoms with Crippen molar-refractivity contribution in [3.8, 4) is 0 Å². The summed E-state index contributed by atoms with van der Waals surface area (Å²) in [6.07, 6.45) is 5.41. The molecule has 17 heavy (non-hydrogen) atoms. The first-order chi connectivity index (χ1) is 8.25. The summed E-state index contributed by atoms with van der Waals surface area (Å²) in [4.78, 5) is 2.37. The quantitative estimate of drug-likeness (QED) is 0.862. The van der Waals surface area contributed by atoms with Gasteiger partial charge in [0.05, 0.1) is 0 Å². The zero-order valence-electron chi connectivity index (χ0n) is 11.1. The third kappa shape index (κ3) is 3.74. The van der Waals surface area contributed by atoms with Crippen LogP contribution in [0.15, 0.2) is 24.3 Å². The minimum absolute atomic E-state index is 0.656. The second-order valence-corrected chi connectivity index (χ2v) is 5.22. The summed E-state index contributed by atoms with van der Waals surface area (Å²) in [6, 6.07) is 9.41. The fourth-order valence-electron chi connectivity index (χ4n) is 2.56. The maximum absolute atomic E-state index is 3.66. The molecule has 0 spiro atoms. The fourth-order valence-corrected chi connectivity index (χ4v) is 2.56. The number of hydrogen-bond donors (Lipinski definition) is 1. The Morgan fingerprint density at radius 1 is 1.29 bits per heavy atom. The number of likely N-dealkylation sites (N-methyl/N-ethyl adjacent to an activating group) is 1. The Morgan fingerprint density at radius 2 is 2.18 bits per heavy atom. The van der Waals surface area contributed by atoms with Gasteiger partial charge in [-0.2, -0.15) is 0 Å². The Morgan fingerprint density at radius 3 is 3.00 bits per heavy atom. The number of aryl methyl sites for hydroxylation is 1. The molecule has 1 saturated heterocycles. The lowest BCUT2D eigenvalue weighted by molar-refractivity contribution is 0.510. The highest BCUT2D eigenvalue weighted by atomic mass is 15.1. The maximum atomic E-state index is 3.66. The van der Waals surface area contributed by atoms with Crippen molar-refractivity contribution in [1.29, 1.82) is 0 Å². The Kier molecular flexibility index (Phi) is 4.43. The Balaban J connectivity index is 1.93. The average molecular weight is 232 g/mol. The summed E-state index contributed by atoms with van der Waals surface area (Å²) in [5, 5.41) is 3.66. The summed E-state index contributed by atoms with van der Waals surface area (Å²) in [5.41, 5.74) is 2.67. The minimum atomic E-state index is 0.656. The van der Waals surface area contributed by atoms with Crippen LogP contribution in [0.3, 0.4) is 0 Å². The van der Waals surface area contributed by atoms with Crippen molar-refractivity contribution in [2.24, 2.45) is 0 Å². The highest BCUT2D eigenvalue weighted by Gasteiger charge is 2.13. The maximum Gasteiger partial charge on any atom is 0.0366 e. The number of benzene rings is 1. The van der Waals surface area contributed by atoms with Crippen molar-refractivity contribution in [3.05, 3.63) is 29.8 Å². The molecule has 1 unspecified atom stereocenters. The summed E-state index contributed by atoms with van der Waals surface area (Å²) in [7, 11) is 2.20. The molecule has 1 aromatic carbocycles. The molecule has 94 valence electrons. The van der Waals surface area contributed by atoms with E-state index < -0.39 is 0 Å². The average Bonchev–Trinajstić information content (AvgIpc) is 2.57. The molecule has 0 bridgehead atoms. The van der Waals surface area contributed by atoms with E-state index in [9.17, 15) is 0 Å². The predicted molar refractivity (Wildman–Crippen MR) is 74.7 cm³/mol. The van der Waals surface area contributed by atoms with Crippen LogP contribution in [0.5, 0.6) is 0 Å². The van der Waals surface area contributed by atoms with E-state index in [1.54, 1.807) is 0 Å². The smallest absolute Gasteiger partial charge is 0.0366 e. The molecule has 1 heterocycles. The second kappa shape index (κ2) is 6.06. The van der Waals surface area contributed by atoms with E-state index in [4.69, 9.17) is 0 Å². The third-order valence-electron chi connectivity index (χ3n) is 3.60. The van der Waals surface area contributed by atoms with Crippen molar-refractivity contribution in [2.45, 2.75) is 38.6 Å². The van der Waals surface area contributed by atoms with E-state index in [1.807, 2.05) is 0 Å². The van der Waals surface area contributed by atoms with Gasteiger partial charge in [-0.25, -0.2) is 0 Å². The van der Waals surface area contributed by atoms with Gasteiger partial charge in [-0.3, -0.25) is 0 Å². The molecule has 2 rings (SSSR count). The first-order valence-electron chi connectivity index (χ1n) is 6.77. The lowest BCUT2D eigenvalue weighted by Crippen LogP contribution is -2.39. The van der Waals surface area contributed by atoms with Crippen molar-refractivity contribution in [2.75, 3.05) is 25.0 Å². The SMILES string of the molecule is Cc1cccc(N(C)CC2CCCCCN2)c1. The highest BCUT2D eigenvalue weighted by molar-refractivity contribution is 5.47. The summed E-state index contributed by atoms with van der Waals surface area (Å²) >= 11 is 0. The zero-order valence-corrected chi connectivity index (χ0v) is 11.1. The summed E-state index contributed by atoms with van der Waals surface area (Å²) in [5.74, 6) is 0. The molecule has 1 fully saturated rings. The van der Waals surface area contributed by atoms with Gasteiger partial charge in [-0.05, 0) is 44.0 Å². The minimum Gasteiger partial charge on any atom is -0.373 e. The zero-order chi connectivity index (χ0) is 12.1. The first-order valence-corrected chi connectivity index (χ1v) is 6.77. The molecule has 0 amide bonds. The van der Waals surface area contributed by atoms with Gasteiger partial charge in [0.1, 0.15) is 0 Å². The highest BCUT2D eigenvalue weighted by Crippen LogP contribution is 2.16. The topological polar surface area (TPSA) is 15.3 Å². The Labute approximate surface area is 105 Å². The van der Waals surface area contributed by atoms with Crippen molar-refractivity contribution in [3.63, 3.8) is 0 Å². The van der Waals surface area contributed by atoms with E-state index in [-0.39, 0.29) is 0 Å². The van der Waals surface area contributed by atoms with Crippen LogP contribution in [0.2, 0.25) is 0 Å². The van der Waals surface area contributed by atoms with Gasteiger partial charge in [-0.1, -0.05) is 25.0 Å². The van der Waals surface area contributed by atoms with Gasteiger partial charge in [-0.15, -0.1) is 0 Å². The fraction of sp³-hybridized carbons (Fsp3) is 0.600. The molecule has 2 heteroatoms.